The van der Waals surface area contributed by atoms with Gasteiger partial charge in [-0.1, -0.05) is 41.5 Å². The van der Waals surface area contributed by atoms with Crippen molar-refractivity contribution in [2.45, 2.75) is 72.2 Å². The molecule has 12 N–H and O–H groups in total. The second kappa shape index (κ2) is 20.8. The van der Waals surface area contributed by atoms with Crippen molar-refractivity contribution >= 4 is 5.91 Å². The topological polar surface area (TPSA) is 245 Å². The van der Waals surface area contributed by atoms with Crippen LogP contribution in [0.15, 0.2) is 36.4 Å². The second-order valence-corrected chi connectivity index (χ2v) is 14.3. The molecule has 1 fully saturated rings. The summed E-state index contributed by atoms with van der Waals surface area (Å²) < 4.78 is 0. The number of phenols is 3. The predicted molar refractivity (Wildman–Crippen MR) is 205 cm³/mol. The van der Waals surface area contributed by atoms with Crippen molar-refractivity contribution in [1.29, 1.82) is 0 Å². The van der Waals surface area contributed by atoms with Crippen LogP contribution in [0, 0.1) is 20.8 Å². The van der Waals surface area contributed by atoms with Crippen LogP contribution in [0.5, 0.6) is 17.2 Å². The van der Waals surface area contributed by atoms with Crippen molar-refractivity contribution in [2.75, 3.05) is 59.1 Å². The highest BCUT2D eigenvalue weighted by molar-refractivity contribution is 5.97. The minimum atomic E-state index is -1.48. The summed E-state index contributed by atoms with van der Waals surface area (Å²) in [7, 11) is 0. The molecule has 3 aromatic carbocycles. The van der Waals surface area contributed by atoms with Gasteiger partial charge in [-0.05, 0) is 32.4 Å². The number of phenolic OH excluding ortho intramolecular Hbond substituents is 3. The molecular weight excluding hydrogens is 712 g/mol. The first-order valence-electron chi connectivity index (χ1n) is 18.5. The van der Waals surface area contributed by atoms with E-state index in [-0.39, 0.29) is 42.4 Å². The van der Waals surface area contributed by atoms with Gasteiger partial charge in [-0.15, -0.1) is 0 Å². The highest BCUT2D eigenvalue weighted by atomic mass is 16.3. The molecule has 0 spiro atoms. The standard InChI is InChI=1S/C39H58N6O10/c1-24-10-27(16-40-33(49)21-46)36(52)29(12-24)18-43-4-5-44(19-30-13-25(2)11-28(37(30)53)17-41-34(50)22-47)7-9-45(8-6-43)20-31-14-26(3)15-32(38(31)54)39(55)42-35(51)23-48/h10-15,33-35,40-41,46-54H,4-9,16-23H2,1-3H3,(H,42,55). The van der Waals surface area contributed by atoms with Gasteiger partial charge in [0.15, 0.2) is 0 Å². The Morgan fingerprint density at radius 2 is 0.873 bits per heavy atom. The number of aliphatic hydroxyl groups excluding tert-OH is 6. The number of nitrogens with one attached hydrogen (secondary N) is 3. The molecule has 16 heteroatoms. The van der Waals surface area contributed by atoms with Gasteiger partial charge in [0.2, 0.25) is 0 Å². The molecule has 3 atom stereocenters. The third kappa shape index (κ3) is 12.8. The fourth-order valence-corrected chi connectivity index (χ4v) is 6.77. The van der Waals surface area contributed by atoms with E-state index in [1.54, 1.807) is 13.0 Å². The lowest BCUT2D eigenvalue weighted by Crippen LogP contribution is -2.37. The number of hydrogen-bond donors (Lipinski definition) is 12. The normalized spacial score (nSPS) is 16.6. The second-order valence-electron chi connectivity index (χ2n) is 14.3. The molecule has 0 bridgehead atoms. The van der Waals surface area contributed by atoms with E-state index in [9.17, 15) is 50.8 Å². The highest BCUT2D eigenvalue weighted by Gasteiger charge is 2.23. The monoisotopic (exact) mass is 770 g/mol. The molecule has 4 rings (SSSR count). The quantitative estimate of drug-likeness (QED) is 0.0767. The Kier molecular flexibility index (Phi) is 16.6. The minimum Gasteiger partial charge on any atom is -0.507 e. The molecule has 0 saturated carbocycles. The summed E-state index contributed by atoms with van der Waals surface area (Å²) in [6, 6.07) is 10.8. The van der Waals surface area contributed by atoms with Gasteiger partial charge in [0.1, 0.15) is 35.9 Å². The first-order chi connectivity index (χ1) is 26.2. The number of nitrogens with zero attached hydrogens (tertiary/aromatic N) is 3. The van der Waals surface area contributed by atoms with E-state index in [4.69, 9.17) is 0 Å². The number of aromatic hydroxyl groups is 3. The maximum Gasteiger partial charge on any atom is 0.257 e. The van der Waals surface area contributed by atoms with Crippen LogP contribution in [0.3, 0.4) is 0 Å². The van der Waals surface area contributed by atoms with E-state index < -0.39 is 44.4 Å². The summed E-state index contributed by atoms with van der Waals surface area (Å²) in [5.74, 6) is -0.759. The predicted octanol–water partition coefficient (Wildman–Crippen LogP) is -0.610. The Hall–Kier alpha value is -3.91. The zero-order valence-corrected chi connectivity index (χ0v) is 31.9. The molecule has 304 valence electrons. The molecule has 0 radical (unpaired) electrons. The van der Waals surface area contributed by atoms with Crippen LogP contribution in [-0.2, 0) is 32.7 Å². The molecule has 3 unspecified atom stereocenters. The van der Waals surface area contributed by atoms with Crippen LogP contribution in [0.1, 0.15) is 54.9 Å². The van der Waals surface area contributed by atoms with Gasteiger partial charge in [0, 0.05) is 99.8 Å². The summed E-state index contributed by atoms with van der Waals surface area (Å²) >= 11 is 0. The molecule has 1 amide bonds. The molecule has 3 aromatic rings. The minimum absolute atomic E-state index is 0.0199. The number of hydrogen-bond acceptors (Lipinski definition) is 15. The number of aryl methyl sites for hydroxylation is 3. The van der Waals surface area contributed by atoms with Crippen LogP contribution in [0.2, 0.25) is 0 Å². The van der Waals surface area contributed by atoms with E-state index in [1.807, 2.05) is 38.1 Å². The fraction of sp³-hybridized carbons (Fsp3) is 0.513. The number of rotatable bonds is 17. The average Bonchev–Trinajstić information content (AvgIpc) is 3.24. The summed E-state index contributed by atoms with van der Waals surface area (Å²) in [4.78, 5) is 19.5. The Morgan fingerprint density at radius 3 is 1.24 bits per heavy atom. The van der Waals surface area contributed by atoms with Crippen LogP contribution >= 0.6 is 0 Å². The average molecular weight is 771 g/mol. The summed E-state index contributed by atoms with van der Waals surface area (Å²) in [6.07, 6.45) is -3.74. The molecule has 1 aliphatic rings. The van der Waals surface area contributed by atoms with Crippen molar-refractivity contribution in [3.05, 3.63) is 86.5 Å². The molecule has 1 aliphatic heterocycles. The summed E-state index contributed by atoms with van der Waals surface area (Å²) in [6.45, 7) is 8.94. The Labute approximate surface area is 321 Å². The maximum atomic E-state index is 12.9. The van der Waals surface area contributed by atoms with Crippen LogP contribution in [0.4, 0.5) is 0 Å². The van der Waals surface area contributed by atoms with Crippen LogP contribution in [-0.4, -0.2) is 144 Å². The van der Waals surface area contributed by atoms with E-state index in [1.165, 1.54) is 6.07 Å². The highest BCUT2D eigenvalue weighted by Crippen LogP contribution is 2.30. The third-order valence-electron chi connectivity index (χ3n) is 9.65. The van der Waals surface area contributed by atoms with Crippen molar-refractivity contribution < 1.29 is 50.8 Å². The van der Waals surface area contributed by atoms with E-state index in [0.29, 0.717) is 80.2 Å². The smallest absolute Gasteiger partial charge is 0.257 e. The van der Waals surface area contributed by atoms with E-state index in [0.717, 1.165) is 16.7 Å². The molecule has 1 heterocycles. The Bertz CT molecular complexity index is 1650. The van der Waals surface area contributed by atoms with Crippen molar-refractivity contribution in [1.82, 2.24) is 30.7 Å². The number of benzene rings is 3. The van der Waals surface area contributed by atoms with Crippen molar-refractivity contribution in [3.8, 4) is 17.2 Å². The van der Waals surface area contributed by atoms with Gasteiger partial charge in [-0.2, -0.15) is 0 Å². The summed E-state index contributed by atoms with van der Waals surface area (Å²) in [5, 5.41) is 98.8. The first kappa shape index (κ1) is 43.8. The molecule has 16 nitrogen and oxygen atoms in total. The lowest BCUT2D eigenvalue weighted by Gasteiger charge is -2.27. The zero-order chi connectivity index (χ0) is 40.2. The van der Waals surface area contributed by atoms with E-state index >= 15 is 0 Å². The van der Waals surface area contributed by atoms with Crippen molar-refractivity contribution in [3.63, 3.8) is 0 Å². The van der Waals surface area contributed by atoms with Crippen molar-refractivity contribution in [2.24, 2.45) is 0 Å². The molecule has 55 heavy (non-hydrogen) atoms. The molecule has 1 saturated heterocycles. The number of carbonyl (C=O) groups is 1. The fourth-order valence-electron chi connectivity index (χ4n) is 6.77. The molecule has 0 aliphatic carbocycles. The van der Waals surface area contributed by atoms with Gasteiger partial charge < -0.3 is 51.3 Å². The molecule has 0 aromatic heterocycles. The summed E-state index contributed by atoms with van der Waals surface area (Å²) in [5.41, 5.74) is 5.62. The van der Waals surface area contributed by atoms with Crippen LogP contribution in [0.25, 0.3) is 0 Å². The maximum absolute atomic E-state index is 12.9. The first-order valence-corrected chi connectivity index (χ1v) is 18.5. The van der Waals surface area contributed by atoms with Gasteiger partial charge in [-0.3, -0.25) is 30.1 Å². The Morgan fingerprint density at radius 1 is 0.545 bits per heavy atom. The molecular formula is C39H58N6O10. The van der Waals surface area contributed by atoms with Gasteiger partial charge in [0.05, 0.1) is 25.4 Å². The Balaban J connectivity index is 1.63. The number of carbonyl (C=O) groups excluding carboxylic acids is 1. The largest absolute Gasteiger partial charge is 0.507 e. The lowest BCUT2D eigenvalue weighted by atomic mass is 10.0. The van der Waals surface area contributed by atoms with E-state index in [2.05, 4.69) is 30.7 Å². The number of amides is 1. The SMILES string of the molecule is Cc1cc(CNC(O)CO)c(O)c(CN2CCN(Cc3cc(C)cc(CNC(O)CO)c3O)CCN(Cc3cc(C)cc(C(=O)NC(O)CO)c3O)CC2)c1. The van der Waals surface area contributed by atoms with Gasteiger partial charge in [0.25, 0.3) is 5.91 Å². The van der Waals surface area contributed by atoms with Crippen LogP contribution < -0.4 is 16.0 Å². The van der Waals surface area contributed by atoms with Gasteiger partial charge >= 0.3 is 0 Å². The third-order valence-corrected chi connectivity index (χ3v) is 9.65. The number of aliphatic hydroxyl groups is 6. The zero-order valence-electron chi connectivity index (χ0n) is 31.9. The lowest BCUT2D eigenvalue weighted by molar-refractivity contribution is 0.0546. The van der Waals surface area contributed by atoms with Gasteiger partial charge in [-0.25, -0.2) is 0 Å².